The summed E-state index contributed by atoms with van der Waals surface area (Å²) >= 11 is 0. The molecular formula is C14H14F2N2O. The summed E-state index contributed by atoms with van der Waals surface area (Å²) in [7, 11) is 0. The number of aromatic nitrogens is 2. The van der Waals surface area contributed by atoms with Crippen LogP contribution in [0.2, 0.25) is 0 Å². The third kappa shape index (κ3) is 2.86. The molecule has 2 rings (SSSR count). The average molecular weight is 264 g/mol. The number of nitrogens with zero attached hydrogens (tertiary/aromatic N) is 2. The van der Waals surface area contributed by atoms with Gasteiger partial charge in [-0.1, -0.05) is 13.0 Å². The predicted octanol–water partition coefficient (Wildman–Crippen LogP) is 2.51. The van der Waals surface area contributed by atoms with Gasteiger partial charge in [-0.05, 0) is 18.6 Å². The molecule has 0 aliphatic heterocycles. The van der Waals surface area contributed by atoms with Gasteiger partial charge in [-0.2, -0.15) is 5.10 Å². The van der Waals surface area contributed by atoms with Crippen LogP contribution < -0.4 is 0 Å². The van der Waals surface area contributed by atoms with E-state index in [1.807, 2.05) is 6.92 Å². The third-order valence-electron chi connectivity index (χ3n) is 2.94. The Balaban J connectivity index is 2.31. The minimum absolute atomic E-state index is 0.0182. The van der Waals surface area contributed by atoms with Crippen molar-refractivity contribution in [1.29, 1.82) is 0 Å². The van der Waals surface area contributed by atoms with Gasteiger partial charge in [0.1, 0.15) is 17.9 Å². The molecule has 0 aliphatic carbocycles. The monoisotopic (exact) mass is 264 g/mol. The molecule has 1 aromatic carbocycles. The highest BCUT2D eigenvalue weighted by Gasteiger charge is 2.12. The first-order valence-corrected chi connectivity index (χ1v) is 6.07. The van der Waals surface area contributed by atoms with E-state index in [2.05, 4.69) is 5.10 Å². The molecule has 0 saturated heterocycles. The molecule has 0 aliphatic rings. The lowest BCUT2D eigenvalue weighted by Crippen LogP contribution is -2.05. The molecule has 1 heterocycles. The van der Waals surface area contributed by atoms with Crippen molar-refractivity contribution in [3.05, 3.63) is 52.9 Å². The summed E-state index contributed by atoms with van der Waals surface area (Å²) in [6.07, 6.45) is 3.40. The minimum atomic E-state index is -0.592. The molecule has 3 nitrogen and oxygen atoms in total. The van der Waals surface area contributed by atoms with Gasteiger partial charge in [-0.3, -0.25) is 4.68 Å². The first-order chi connectivity index (χ1) is 9.15. The summed E-state index contributed by atoms with van der Waals surface area (Å²) < 4.78 is 28.5. The molecule has 0 saturated carbocycles. The molecule has 1 aromatic heterocycles. The Labute approximate surface area is 109 Å². The zero-order valence-corrected chi connectivity index (χ0v) is 10.6. The lowest BCUT2D eigenvalue weighted by atomic mass is 10.1. The molecule has 100 valence electrons. The molecule has 0 spiro atoms. The second-order valence-electron chi connectivity index (χ2n) is 4.22. The van der Waals surface area contributed by atoms with Crippen molar-refractivity contribution in [3.8, 4) is 0 Å². The number of benzene rings is 1. The molecule has 0 radical (unpaired) electrons. The molecule has 2 aromatic rings. The number of hydrogen-bond donors (Lipinski definition) is 0. The largest absolute Gasteiger partial charge is 0.303 e. The summed E-state index contributed by atoms with van der Waals surface area (Å²) in [5, 5.41) is 4.25. The van der Waals surface area contributed by atoms with Crippen molar-refractivity contribution in [2.24, 2.45) is 0 Å². The first kappa shape index (κ1) is 13.4. The molecule has 0 atom stereocenters. The summed E-state index contributed by atoms with van der Waals surface area (Å²) in [5.74, 6) is -1.18. The molecule has 0 unspecified atom stereocenters. The molecule has 0 amide bonds. The molecule has 0 fully saturated rings. The van der Waals surface area contributed by atoms with Crippen LogP contribution in [0.25, 0.3) is 0 Å². The van der Waals surface area contributed by atoms with E-state index < -0.39 is 11.6 Å². The topological polar surface area (TPSA) is 34.9 Å². The minimum Gasteiger partial charge on any atom is -0.303 e. The second kappa shape index (κ2) is 5.73. The maximum absolute atomic E-state index is 13.5. The fraction of sp³-hybridized carbons (Fsp3) is 0.286. The van der Waals surface area contributed by atoms with E-state index in [-0.39, 0.29) is 18.5 Å². The van der Waals surface area contributed by atoms with Crippen LogP contribution in [0, 0.1) is 11.6 Å². The highest BCUT2D eigenvalue weighted by atomic mass is 19.1. The van der Waals surface area contributed by atoms with E-state index in [4.69, 9.17) is 0 Å². The highest BCUT2D eigenvalue weighted by Crippen LogP contribution is 2.15. The fourth-order valence-electron chi connectivity index (χ4n) is 1.99. The molecule has 19 heavy (non-hydrogen) atoms. The standard InChI is InChI=1S/C14H14F2N2O/c1-2-14-10(6-7-19)8-18(17-14)9-11-12(15)4-3-5-13(11)16/h3-5,7-8H,2,6,9H2,1H3. The van der Waals surface area contributed by atoms with Gasteiger partial charge in [0.15, 0.2) is 0 Å². The van der Waals surface area contributed by atoms with Gasteiger partial charge >= 0.3 is 0 Å². The predicted molar refractivity (Wildman–Crippen MR) is 66.8 cm³/mol. The van der Waals surface area contributed by atoms with Crippen LogP contribution >= 0.6 is 0 Å². The van der Waals surface area contributed by atoms with Crippen LogP contribution in [0.5, 0.6) is 0 Å². The Bertz CT molecular complexity index is 573. The lowest BCUT2D eigenvalue weighted by molar-refractivity contribution is -0.107. The normalized spacial score (nSPS) is 10.7. The van der Waals surface area contributed by atoms with Crippen LogP contribution in [-0.2, 0) is 24.2 Å². The maximum Gasteiger partial charge on any atom is 0.131 e. The van der Waals surface area contributed by atoms with Gasteiger partial charge in [0.05, 0.1) is 12.2 Å². The van der Waals surface area contributed by atoms with Crippen LogP contribution in [0.3, 0.4) is 0 Å². The van der Waals surface area contributed by atoms with Crippen molar-refractivity contribution in [2.45, 2.75) is 26.3 Å². The number of hydrogen-bond acceptors (Lipinski definition) is 2. The first-order valence-electron chi connectivity index (χ1n) is 6.07. The van der Waals surface area contributed by atoms with Crippen LogP contribution in [0.1, 0.15) is 23.7 Å². The van der Waals surface area contributed by atoms with Crippen molar-refractivity contribution in [2.75, 3.05) is 0 Å². The number of aryl methyl sites for hydroxylation is 1. The Morgan fingerprint density at radius 1 is 1.32 bits per heavy atom. The number of carbonyl (C=O) groups is 1. The molecular weight excluding hydrogens is 250 g/mol. The van der Waals surface area contributed by atoms with Gasteiger partial charge < -0.3 is 4.79 Å². The molecule has 0 bridgehead atoms. The van der Waals surface area contributed by atoms with E-state index in [0.29, 0.717) is 6.42 Å². The van der Waals surface area contributed by atoms with E-state index >= 15 is 0 Å². The molecule has 0 N–H and O–H groups in total. The SMILES string of the molecule is CCc1nn(Cc2c(F)cccc2F)cc1CC=O. The van der Waals surface area contributed by atoms with Crippen molar-refractivity contribution in [1.82, 2.24) is 9.78 Å². The lowest BCUT2D eigenvalue weighted by Gasteiger charge is -2.04. The van der Waals surface area contributed by atoms with Gasteiger partial charge in [-0.15, -0.1) is 0 Å². The van der Waals surface area contributed by atoms with Crippen LogP contribution in [0.15, 0.2) is 24.4 Å². The number of halogens is 2. The zero-order chi connectivity index (χ0) is 13.8. The van der Waals surface area contributed by atoms with Gasteiger partial charge in [0.25, 0.3) is 0 Å². The highest BCUT2D eigenvalue weighted by molar-refractivity contribution is 5.55. The Morgan fingerprint density at radius 2 is 2.00 bits per heavy atom. The van der Waals surface area contributed by atoms with Gasteiger partial charge in [0, 0.05) is 23.7 Å². The summed E-state index contributed by atoms with van der Waals surface area (Å²) in [4.78, 5) is 10.6. The summed E-state index contributed by atoms with van der Waals surface area (Å²) in [6, 6.07) is 3.76. The van der Waals surface area contributed by atoms with E-state index in [1.54, 1.807) is 6.20 Å². The third-order valence-corrected chi connectivity index (χ3v) is 2.94. The van der Waals surface area contributed by atoms with E-state index in [0.717, 1.165) is 17.5 Å². The number of rotatable bonds is 5. The van der Waals surface area contributed by atoms with Gasteiger partial charge in [0.2, 0.25) is 0 Å². The number of aldehydes is 1. The van der Waals surface area contributed by atoms with Crippen molar-refractivity contribution >= 4 is 6.29 Å². The van der Waals surface area contributed by atoms with Gasteiger partial charge in [-0.25, -0.2) is 8.78 Å². The Kier molecular flexibility index (Phi) is 4.04. The average Bonchev–Trinajstić information content (AvgIpc) is 2.77. The zero-order valence-electron chi connectivity index (χ0n) is 10.6. The van der Waals surface area contributed by atoms with Crippen molar-refractivity contribution in [3.63, 3.8) is 0 Å². The van der Waals surface area contributed by atoms with Crippen LogP contribution in [0.4, 0.5) is 8.78 Å². The summed E-state index contributed by atoms with van der Waals surface area (Å²) in [5.41, 5.74) is 1.56. The van der Waals surface area contributed by atoms with Crippen molar-refractivity contribution < 1.29 is 13.6 Å². The second-order valence-corrected chi connectivity index (χ2v) is 4.22. The fourth-order valence-corrected chi connectivity index (χ4v) is 1.99. The maximum atomic E-state index is 13.5. The summed E-state index contributed by atoms with van der Waals surface area (Å²) in [6.45, 7) is 1.94. The van der Waals surface area contributed by atoms with E-state index in [1.165, 1.54) is 22.9 Å². The van der Waals surface area contributed by atoms with E-state index in [9.17, 15) is 13.6 Å². The number of carbonyl (C=O) groups excluding carboxylic acids is 1. The molecule has 5 heteroatoms. The smallest absolute Gasteiger partial charge is 0.131 e. The van der Waals surface area contributed by atoms with Crippen LogP contribution in [-0.4, -0.2) is 16.1 Å². The Hall–Kier alpha value is -2.04. The quantitative estimate of drug-likeness (QED) is 0.778. The Morgan fingerprint density at radius 3 is 2.58 bits per heavy atom.